The van der Waals surface area contributed by atoms with Gasteiger partial charge in [0.25, 0.3) is 0 Å². The van der Waals surface area contributed by atoms with Crippen LogP contribution in [-0.2, 0) is 6.61 Å². The molecule has 0 unspecified atom stereocenters. The van der Waals surface area contributed by atoms with Crippen LogP contribution in [0.4, 0.5) is 0 Å². The standard InChI is InChI=1S/C25H22BrClO3/c1-16-11-22(12-17(2)25(16)27)30-15-20-13-18(8-10-24(20)29-3)7-9-23(28)19-5-4-6-21(26)14-19/h4-14H,15H2,1-3H3/b9-7+. The molecule has 0 heterocycles. The molecule has 0 aliphatic rings. The van der Waals surface area contributed by atoms with Crippen molar-refractivity contribution in [1.82, 2.24) is 0 Å². The molecule has 5 heteroatoms. The Morgan fingerprint density at radius 3 is 2.47 bits per heavy atom. The van der Waals surface area contributed by atoms with Crippen molar-refractivity contribution in [3.63, 3.8) is 0 Å². The van der Waals surface area contributed by atoms with Gasteiger partial charge in [0, 0.05) is 20.6 Å². The normalized spacial score (nSPS) is 11.0. The fourth-order valence-corrected chi connectivity index (χ4v) is 3.58. The lowest BCUT2D eigenvalue weighted by Crippen LogP contribution is -2.00. The van der Waals surface area contributed by atoms with Gasteiger partial charge in [0.1, 0.15) is 18.1 Å². The number of hydrogen-bond acceptors (Lipinski definition) is 3. The second kappa shape index (κ2) is 9.96. The van der Waals surface area contributed by atoms with Gasteiger partial charge in [0.2, 0.25) is 0 Å². The topological polar surface area (TPSA) is 35.5 Å². The first-order valence-corrected chi connectivity index (χ1v) is 10.6. The van der Waals surface area contributed by atoms with Crippen molar-refractivity contribution >= 4 is 39.4 Å². The zero-order valence-corrected chi connectivity index (χ0v) is 19.4. The molecule has 0 aliphatic carbocycles. The molecule has 0 aromatic heterocycles. The molecule has 0 atom stereocenters. The van der Waals surface area contributed by atoms with Crippen LogP contribution in [0.1, 0.15) is 32.6 Å². The Hall–Kier alpha value is -2.56. The van der Waals surface area contributed by atoms with E-state index >= 15 is 0 Å². The monoisotopic (exact) mass is 484 g/mol. The Labute approximate surface area is 190 Å². The van der Waals surface area contributed by atoms with E-state index in [1.54, 1.807) is 31.4 Å². The van der Waals surface area contributed by atoms with Crippen molar-refractivity contribution < 1.29 is 14.3 Å². The van der Waals surface area contributed by atoms with Crippen molar-refractivity contribution in [2.75, 3.05) is 7.11 Å². The summed E-state index contributed by atoms with van der Waals surface area (Å²) in [7, 11) is 1.63. The minimum atomic E-state index is -0.0583. The van der Waals surface area contributed by atoms with Gasteiger partial charge in [-0.2, -0.15) is 0 Å². The summed E-state index contributed by atoms with van der Waals surface area (Å²) < 4.78 is 12.3. The first-order chi connectivity index (χ1) is 14.4. The van der Waals surface area contributed by atoms with Gasteiger partial charge in [-0.05, 0) is 73.0 Å². The Bertz CT molecular complexity index is 1080. The number of benzene rings is 3. The molecule has 0 saturated heterocycles. The fraction of sp³-hybridized carbons (Fsp3) is 0.160. The van der Waals surface area contributed by atoms with E-state index in [4.69, 9.17) is 21.1 Å². The predicted molar refractivity (Wildman–Crippen MR) is 126 cm³/mol. The lowest BCUT2D eigenvalue weighted by atomic mass is 10.1. The summed E-state index contributed by atoms with van der Waals surface area (Å²) in [4.78, 5) is 12.4. The lowest BCUT2D eigenvalue weighted by Gasteiger charge is -2.13. The van der Waals surface area contributed by atoms with E-state index in [1.165, 1.54) is 0 Å². The first-order valence-electron chi connectivity index (χ1n) is 9.42. The maximum Gasteiger partial charge on any atom is 0.185 e. The van der Waals surface area contributed by atoms with Crippen LogP contribution in [0, 0.1) is 13.8 Å². The molecule has 0 amide bonds. The highest BCUT2D eigenvalue weighted by Gasteiger charge is 2.08. The van der Waals surface area contributed by atoms with Gasteiger partial charge in [-0.25, -0.2) is 0 Å². The number of halogens is 2. The molecule has 0 N–H and O–H groups in total. The number of carbonyl (C=O) groups excluding carboxylic acids is 1. The molecule has 0 aliphatic heterocycles. The summed E-state index contributed by atoms with van der Waals surface area (Å²) in [5.74, 6) is 1.42. The van der Waals surface area contributed by atoms with Crippen molar-refractivity contribution in [2.45, 2.75) is 20.5 Å². The van der Waals surface area contributed by atoms with Gasteiger partial charge in [-0.15, -0.1) is 0 Å². The quantitative estimate of drug-likeness (QED) is 0.262. The van der Waals surface area contributed by atoms with E-state index in [9.17, 15) is 4.79 Å². The molecule has 154 valence electrons. The van der Waals surface area contributed by atoms with Gasteiger partial charge in [-0.3, -0.25) is 4.79 Å². The number of ketones is 1. The molecule has 0 saturated carbocycles. The van der Waals surface area contributed by atoms with Crippen LogP contribution < -0.4 is 9.47 Å². The molecular weight excluding hydrogens is 464 g/mol. The van der Waals surface area contributed by atoms with Crippen LogP contribution in [0.5, 0.6) is 11.5 Å². The van der Waals surface area contributed by atoms with Crippen molar-refractivity contribution in [3.8, 4) is 11.5 Å². The Morgan fingerprint density at radius 2 is 1.80 bits per heavy atom. The van der Waals surface area contributed by atoms with Crippen LogP contribution in [-0.4, -0.2) is 12.9 Å². The molecule has 0 bridgehead atoms. The number of aryl methyl sites for hydroxylation is 2. The highest BCUT2D eigenvalue weighted by atomic mass is 79.9. The average molecular weight is 486 g/mol. The SMILES string of the molecule is COc1ccc(/C=C/C(=O)c2cccc(Br)c2)cc1COc1cc(C)c(Cl)c(C)c1. The molecule has 30 heavy (non-hydrogen) atoms. The van der Waals surface area contributed by atoms with Gasteiger partial charge in [-0.1, -0.05) is 51.8 Å². The lowest BCUT2D eigenvalue weighted by molar-refractivity contribution is 0.104. The second-order valence-corrected chi connectivity index (χ2v) is 8.23. The Morgan fingerprint density at radius 1 is 1.07 bits per heavy atom. The minimum absolute atomic E-state index is 0.0583. The highest BCUT2D eigenvalue weighted by molar-refractivity contribution is 9.10. The maximum atomic E-state index is 12.4. The average Bonchev–Trinajstić information content (AvgIpc) is 2.74. The third-order valence-electron chi connectivity index (χ3n) is 4.65. The summed E-state index contributed by atoms with van der Waals surface area (Å²) in [5, 5.41) is 0.752. The number of rotatable bonds is 7. The molecular formula is C25H22BrClO3. The van der Waals surface area contributed by atoms with Crippen LogP contribution in [0.25, 0.3) is 6.08 Å². The van der Waals surface area contributed by atoms with Crippen molar-refractivity contribution in [3.05, 3.63) is 98.0 Å². The highest BCUT2D eigenvalue weighted by Crippen LogP contribution is 2.28. The van der Waals surface area contributed by atoms with Gasteiger partial charge >= 0.3 is 0 Å². The molecule has 3 aromatic rings. The number of carbonyl (C=O) groups is 1. The summed E-state index contributed by atoms with van der Waals surface area (Å²) >= 11 is 9.62. The second-order valence-electron chi connectivity index (χ2n) is 6.94. The van der Waals surface area contributed by atoms with Gasteiger partial charge in [0.15, 0.2) is 5.78 Å². The largest absolute Gasteiger partial charge is 0.496 e. The summed E-state index contributed by atoms with van der Waals surface area (Å²) in [6.07, 6.45) is 3.36. The van der Waals surface area contributed by atoms with Crippen molar-refractivity contribution in [2.24, 2.45) is 0 Å². The number of ether oxygens (including phenoxy) is 2. The summed E-state index contributed by atoms with van der Waals surface area (Å²) in [5.41, 5.74) is 4.36. The van der Waals surface area contributed by atoms with E-state index in [-0.39, 0.29) is 5.78 Å². The van der Waals surface area contributed by atoms with Crippen LogP contribution in [0.3, 0.4) is 0 Å². The minimum Gasteiger partial charge on any atom is -0.496 e. The summed E-state index contributed by atoms with van der Waals surface area (Å²) in [6.45, 7) is 4.25. The Kier molecular flexibility index (Phi) is 7.35. The molecule has 0 fully saturated rings. The van der Waals surface area contributed by atoms with Crippen LogP contribution in [0.15, 0.2) is 65.1 Å². The maximum absolute atomic E-state index is 12.4. The zero-order valence-electron chi connectivity index (χ0n) is 17.0. The van der Waals surface area contributed by atoms with Crippen LogP contribution >= 0.6 is 27.5 Å². The molecule has 3 rings (SSSR count). The summed E-state index contributed by atoms with van der Waals surface area (Å²) in [6, 6.07) is 16.9. The predicted octanol–water partition coefficient (Wildman–Crippen LogP) is 7.20. The molecule has 3 aromatic carbocycles. The van der Waals surface area contributed by atoms with Crippen molar-refractivity contribution in [1.29, 1.82) is 0 Å². The van der Waals surface area contributed by atoms with E-state index in [2.05, 4.69) is 15.9 Å². The Balaban J connectivity index is 1.77. The van der Waals surface area contributed by atoms with E-state index in [1.807, 2.05) is 56.3 Å². The molecule has 3 nitrogen and oxygen atoms in total. The third-order valence-corrected chi connectivity index (χ3v) is 5.73. The molecule has 0 radical (unpaired) electrons. The molecule has 0 spiro atoms. The number of methoxy groups -OCH3 is 1. The van der Waals surface area contributed by atoms with Gasteiger partial charge < -0.3 is 9.47 Å². The fourth-order valence-electron chi connectivity index (χ4n) is 3.08. The number of allylic oxidation sites excluding steroid dienone is 1. The van der Waals surface area contributed by atoms with E-state index in [0.717, 1.165) is 43.2 Å². The number of hydrogen-bond donors (Lipinski definition) is 0. The van der Waals surface area contributed by atoms with Crippen LogP contribution in [0.2, 0.25) is 5.02 Å². The van der Waals surface area contributed by atoms with Gasteiger partial charge in [0.05, 0.1) is 7.11 Å². The smallest absolute Gasteiger partial charge is 0.185 e. The van der Waals surface area contributed by atoms with E-state index in [0.29, 0.717) is 12.2 Å². The first kappa shape index (κ1) is 22.1. The zero-order chi connectivity index (χ0) is 21.7. The third kappa shape index (κ3) is 5.53. The van der Waals surface area contributed by atoms with E-state index < -0.39 is 0 Å².